The summed E-state index contributed by atoms with van der Waals surface area (Å²) in [6.45, 7) is 8.69. The summed E-state index contributed by atoms with van der Waals surface area (Å²) < 4.78 is 0. The summed E-state index contributed by atoms with van der Waals surface area (Å²) in [6.07, 6.45) is 3.59. The molecule has 4 saturated carbocycles. The predicted octanol–water partition coefficient (Wildman–Crippen LogP) is 2.79. The van der Waals surface area contributed by atoms with Gasteiger partial charge in [-0.15, -0.1) is 0 Å². The molecule has 0 aromatic heterocycles. The normalized spacial score (nSPS) is 56.1. The summed E-state index contributed by atoms with van der Waals surface area (Å²) in [6, 6.07) is 0. The SMILES string of the molecule is C[C@H]1CC[C@]2(O)C(C)(C)[C@H]3C[C@@H]1[C@]2(C)CC3=O. The average Bonchev–Trinajstić information content (AvgIpc) is 2.21. The van der Waals surface area contributed by atoms with Crippen molar-refractivity contribution in [2.45, 2.75) is 59.0 Å². The molecule has 0 aliphatic heterocycles. The third-order valence-corrected chi connectivity index (χ3v) is 6.77. The molecule has 4 rings (SSSR count). The summed E-state index contributed by atoms with van der Waals surface area (Å²) in [5.74, 6) is 1.68. The van der Waals surface area contributed by atoms with Crippen molar-refractivity contribution in [2.24, 2.45) is 28.6 Å². The van der Waals surface area contributed by atoms with Crippen LogP contribution in [-0.4, -0.2) is 16.5 Å². The van der Waals surface area contributed by atoms with Crippen LogP contribution < -0.4 is 0 Å². The van der Waals surface area contributed by atoms with Gasteiger partial charge in [0.1, 0.15) is 5.78 Å². The molecule has 0 unspecified atom stereocenters. The molecule has 96 valence electrons. The van der Waals surface area contributed by atoms with Crippen LogP contribution in [0.3, 0.4) is 0 Å². The van der Waals surface area contributed by atoms with Crippen LogP contribution in [-0.2, 0) is 4.79 Å². The number of aliphatic hydroxyl groups is 1. The van der Waals surface area contributed by atoms with Crippen LogP contribution in [0.2, 0.25) is 0 Å². The highest BCUT2D eigenvalue weighted by Crippen LogP contribution is 2.70. The molecule has 0 heterocycles. The van der Waals surface area contributed by atoms with Crippen LogP contribution in [0, 0.1) is 28.6 Å². The Hall–Kier alpha value is -0.370. The van der Waals surface area contributed by atoms with E-state index in [4.69, 9.17) is 0 Å². The van der Waals surface area contributed by atoms with Gasteiger partial charge in [-0.2, -0.15) is 0 Å². The number of rotatable bonds is 0. The molecule has 0 saturated heterocycles. The molecule has 17 heavy (non-hydrogen) atoms. The fourth-order valence-corrected chi connectivity index (χ4v) is 5.54. The van der Waals surface area contributed by atoms with Crippen LogP contribution in [0.15, 0.2) is 0 Å². The van der Waals surface area contributed by atoms with Gasteiger partial charge in [-0.05, 0) is 31.1 Å². The van der Waals surface area contributed by atoms with Crippen molar-refractivity contribution in [3.05, 3.63) is 0 Å². The number of ketones is 1. The van der Waals surface area contributed by atoms with Gasteiger partial charge < -0.3 is 5.11 Å². The summed E-state index contributed by atoms with van der Waals surface area (Å²) in [5.41, 5.74) is -1.05. The Morgan fingerprint density at radius 2 is 1.94 bits per heavy atom. The van der Waals surface area contributed by atoms with Gasteiger partial charge in [-0.3, -0.25) is 4.79 Å². The van der Waals surface area contributed by atoms with Gasteiger partial charge in [0.15, 0.2) is 0 Å². The van der Waals surface area contributed by atoms with Crippen molar-refractivity contribution in [3.63, 3.8) is 0 Å². The maximum absolute atomic E-state index is 12.2. The molecule has 0 aromatic rings. The van der Waals surface area contributed by atoms with E-state index in [9.17, 15) is 9.90 Å². The highest BCUT2D eigenvalue weighted by molar-refractivity contribution is 5.85. The first-order chi connectivity index (χ1) is 7.74. The largest absolute Gasteiger partial charge is 0.389 e. The topological polar surface area (TPSA) is 37.3 Å². The van der Waals surface area contributed by atoms with Crippen molar-refractivity contribution in [1.29, 1.82) is 0 Å². The van der Waals surface area contributed by atoms with Gasteiger partial charge in [-0.25, -0.2) is 0 Å². The smallest absolute Gasteiger partial charge is 0.137 e. The summed E-state index contributed by atoms with van der Waals surface area (Å²) in [5, 5.41) is 11.3. The standard InChI is InChI=1S/C15H24O2/c1-9-5-6-15(17)13(2,3)11-7-10(9)14(15,4)8-12(11)16/h9-11,17H,5-8H2,1-4H3/t9-,10-,11-,14-,15-/m0/s1. The van der Waals surface area contributed by atoms with Gasteiger partial charge in [0.25, 0.3) is 0 Å². The van der Waals surface area contributed by atoms with Gasteiger partial charge in [0, 0.05) is 23.2 Å². The summed E-state index contributed by atoms with van der Waals surface area (Å²) in [4.78, 5) is 12.2. The minimum Gasteiger partial charge on any atom is -0.389 e. The lowest BCUT2D eigenvalue weighted by molar-refractivity contribution is -0.277. The molecular formula is C15H24O2. The number of carbonyl (C=O) groups excluding carboxylic acids is 1. The Morgan fingerprint density at radius 3 is 2.59 bits per heavy atom. The van der Waals surface area contributed by atoms with Crippen molar-refractivity contribution in [1.82, 2.24) is 0 Å². The Kier molecular flexibility index (Phi) is 2.04. The quantitative estimate of drug-likeness (QED) is 0.702. The maximum atomic E-state index is 12.2. The molecule has 2 heteroatoms. The second-order valence-electron chi connectivity index (χ2n) is 7.55. The van der Waals surface area contributed by atoms with E-state index >= 15 is 0 Å². The number of carbonyl (C=O) groups is 1. The molecule has 0 spiro atoms. The van der Waals surface area contributed by atoms with E-state index in [2.05, 4.69) is 27.7 Å². The Bertz CT molecular complexity index is 386. The molecule has 0 aromatic carbocycles. The number of fused-ring (bicyclic) bond motifs is 1. The van der Waals surface area contributed by atoms with Gasteiger partial charge in [0.05, 0.1) is 5.60 Å². The Labute approximate surface area is 104 Å². The van der Waals surface area contributed by atoms with Crippen LogP contribution in [0.25, 0.3) is 0 Å². The van der Waals surface area contributed by atoms with E-state index in [-0.39, 0.29) is 16.7 Å². The van der Waals surface area contributed by atoms with Crippen molar-refractivity contribution >= 4 is 5.78 Å². The molecule has 1 N–H and O–H groups in total. The minimum atomic E-state index is -0.631. The Morgan fingerprint density at radius 1 is 1.29 bits per heavy atom. The second-order valence-corrected chi connectivity index (χ2v) is 7.55. The van der Waals surface area contributed by atoms with E-state index in [1.165, 1.54) is 0 Å². The van der Waals surface area contributed by atoms with Gasteiger partial charge in [0.2, 0.25) is 0 Å². The molecule has 2 nitrogen and oxygen atoms in total. The fourth-order valence-electron chi connectivity index (χ4n) is 5.54. The molecular weight excluding hydrogens is 212 g/mol. The Balaban J connectivity index is 2.18. The molecule has 0 radical (unpaired) electrons. The molecule has 4 bridgehead atoms. The highest BCUT2D eigenvalue weighted by atomic mass is 16.3. The van der Waals surface area contributed by atoms with Gasteiger partial charge >= 0.3 is 0 Å². The first-order valence-electron chi connectivity index (χ1n) is 6.99. The van der Waals surface area contributed by atoms with E-state index in [1.54, 1.807) is 0 Å². The third kappa shape index (κ3) is 1.05. The predicted molar refractivity (Wildman–Crippen MR) is 66.5 cm³/mol. The molecule has 5 atom stereocenters. The summed E-state index contributed by atoms with van der Waals surface area (Å²) >= 11 is 0. The summed E-state index contributed by atoms with van der Waals surface area (Å²) in [7, 11) is 0. The molecule has 4 aliphatic carbocycles. The lowest BCUT2D eigenvalue weighted by Crippen LogP contribution is -2.73. The lowest BCUT2D eigenvalue weighted by Gasteiger charge is -2.70. The number of Topliss-reactive ketones (excluding diaryl/α,β-unsaturated/α-hetero) is 1. The second kappa shape index (κ2) is 2.96. The zero-order valence-corrected chi connectivity index (χ0v) is 11.4. The van der Waals surface area contributed by atoms with E-state index in [0.717, 1.165) is 19.3 Å². The third-order valence-electron chi connectivity index (χ3n) is 6.77. The average molecular weight is 236 g/mol. The van der Waals surface area contributed by atoms with Crippen LogP contribution in [0.1, 0.15) is 53.4 Å². The minimum absolute atomic E-state index is 0.0853. The van der Waals surface area contributed by atoms with E-state index < -0.39 is 5.60 Å². The zero-order valence-electron chi connectivity index (χ0n) is 11.4. The van der Waals surface area contributed by atoms with Gasteiger partial charge in [-0.1, -0.05) is 27.7 Å². The number of hydrogen-bond donors (Lipinski definition) is 1. The first-order valence-corrected chi connectivity index (χ1v) is 6.99. The lowest BCUT2D eigenvalue weighted by atomic mass is 9.35. The maximum Gasteiger partial charge on any atom is 0.137 e. The molecule has 4 aliphatic rings. The van der Waals surface area contributed by atoms with Crippen molar-refractivity contribution < 1.29 is 9.90 Å². The number of hydrogen-bond acceptors (Lipinski definition) is 2. The molecule has 4 fully saturated rings. The highest BCUT2D eigenvalue weighted by Gasteiger charge is 2.72. The van der Waals surface area contributed by atoms with Crippen molar-refractivity contribution in [3.8, 4) is 0 Å². The van der Waals surface area contributed by atoms with Crippen LogP contribution in [0.5, 0.6) is 0 Å². The van der Waals surface area contributed by atoms with E-state index in [1.807, 2.05) is 0 Å². The fraction of sp³-hybridized carbons (Fsp3) is 0.933. The van der Waals surface area contributed by atoms with Crippen LogP contribution in [0.4, 0.5) is 0 Å². The van der Waals surface area contributed by atoms with E-state index in [0.29, 0.717) is 24.0 Å². The molecule has 0 amide bonds. The first kappa shape index (κ1) is 11.7. The monoisotopic (exact) mass is 236 g/mol. The van der Waals surface area contributed by atoms with Crippen molar-refractivity contribution in [2.75, 3.05) is 0 Å². The van der Waals surface area contributed by atoms with Crippen LogP contribution >= 0.6 is 0 Å². The zero-order chi connectivity index (χ0) is 12.6.